The molecular weight excluding hydrogens is 254 g/mol. The van der Waals surface area contributed by atoms with Crippen molar-refractivity contribution in [3.05, 3.63) is 17.5 Å². The first kappa shape index (κ1) is 16.7. The Morgan fingerprint density at radius 3 is 2.45 bits per heavy atom. The Hall–Kier alpha value is -1.36. The molecule has 0 aliphatic rings. The van der Waals surface area contributed by atoms with Gasteiger partial charge in [-0.25, -0.2) is 4.79 Å². The molecule has 0 saturated heterocycles. The van der Waals surface area contributed by atoms with Gasteiger partial charge in [0.25, 0.3) is 0 Å². The van der Waals surface area contributed by atoms with E-state index in [4.69, 9.17) is 0 Å². The van der Waals surface area contributed by atoms with Gasteiger partial charge in [-0.3, -0.25) is 9.58 Å². The molecule has 0 aliphatic heterocycles. The van der Waals surface area contributed by atoms with Crippen molar-refractivity contribution >= 4 is 5.97 Å². The monoisotopic (exact) mass is 281 g/mol. The molecule has 1 heterocycles. The molecule has 0 fully saturated rings. The third kappa shape index (κ3) is 4.07. The number of carboxylic acids is 1. The van der Waals surface area contributed by atoms with E-state index in [1.807, 2.05) is 7.05 Å². The summed E-state index contributed by atoms with van der Waals surface area (Å²) in [7, 11) is 1.81. The van der Waals surface area contributed by atoms with Crippen molar-refractivity contribution in [2.24, 2.45) is 13.0 Å². The zero-order valence-electron chi connectivity index (χ0n) is 13.3. The van der Waals surface area contributed by atoms with E-state index in [1.165, 1.54) is 6.20 Å². The molecule has 1 aromatic heterocycles. The number of rotatable bonds is 8. The molecule has 0 atom stereocenters. The van der Waals surface area contributed by atoms with Crippen LogP contribution in [0.3, 0.4) is 0 Å². The average molecular weight is 281 g/mol. The van der Waals surface area contributed by atoms with Crippen LogP contribution in [0.15, 0.2) is 6.20 Å². The maximum Gasteiger partial charge on any atom is 0.339 e. The van der Waals surface area contributed by atoms with Crippen LogP contribution < -0.4 is 0 Å². The summed E-state index contributed by atoms with van der Waals surface area (Å²) in [6.07, 6.45) is 3.59. The maximum absolute atomic E-state index is 11.3. The molecule has 0 bridgehead atoms. The normalized spacial score (nSPS) is 11.8. The van der Waals surface area contributed by atoms with E-state index < -0.39 is 5.97 Å². The highest BCUT2D eigenvalue weighted by Crippen LogP contribution is 2.18. The van der Waals surface area contributed by atoms with Crippen molar-refractivity contribution < 1.29 is 9.90 Å². The Labute approximate surface area is 121 Å². The second kappa shape index (κ2) is 7.43. The summed E-state index contributed by atoms with van der Waals surface area (Å²) >= 11 is 0. The summed E-state index contributed by atoms with van der Waals surface area (Å²) in [6, 6.07) is 0.481. The Kier molecular flexibility index (Phi) is 6.20. The summed E-state index contributed by atoms with van der Waals surface area (Å²) in [5.41, 5.74) is 1.09. The largest absolute Gasteiger partial charge is 0.478 e. The maximum atomic E-state index is 11.3. The van der Waals surface area contributed by atoms with Crippen molar-refractivity contribution in [2.75, 3.05) is 6.54 Å². The van der Waals surface area contributed by atoms with Crippen LogP contribution in [0.1, 0.15) is 56.6 Å². The molecule has 0 aromatic carbocycles. The lowest BCUT2D eigenvalue weighted by Gasteiger charge is -2.32. The van der Waals surface area contributed by atoms with E-state index in [2.05, 4.69) is 37.7 Å². The molecule has 20 heavy (non-hydrogen) atoms. The second-order valence-electron chi connectivity index (χ2n) is 5.73. The number of carbonyl (C=O) groups is 1. The van der Waals surface area contributed by atoms with Gasteiger partial charge in [-0.05, 0) is 18.8 Å². The fourth-order valence-corrected chi connectivity index (χ4v) is 2.64. The van der Waals surface area contributed by atoms with Gasteiger partial charge in [0.2, 0.25) is 0 Å². The van der Waals surface area contributed by atoms with Crippen molar-refractivity contribution in [1.29, 1.82) is 0 Å². The molecule has 1 rings (SSSR count). The number of nitrogens with zero attached hydrogens (tertiary/aromatic N) is 3. The van der Waals surface area contributed by atoms with Gasteiger partial charge >= 0.3 is 5.97 Å². The molecular formula is C15H27N3O2. The highest BCUT2D eigenvalue weighted by atomic mass is 16.4. The van der Waals surface area contributed by atoms with Gasteiger partial charge in [0.15, 0.2) is 0 Å². The van der Waals surface area contributed by atoms with Crippen LogP contribution in [0, 0.1) is 5.92 Å². The van der Waals surface area contributed by atoms with Crippen LogP contribution in [-0.2, 0) is 13.6 Å². The quantitative estimate of drug-likeness (QED) is 0.796. The van der Waals surface area contributed by atoms with Gasteiger partial charge in [-0.2, -0.15) is 5.10 Å². The molecule has 0 spiro atoms. The lowest BCUT2D eigenvalue weighted by atomic mass is 10.1. The molecule has 0 aliphatic carbocycles. The predicted molar refractivity (Wildman–Crippen MR) is 79.8 cm³/mol. The summed E-state index contributed by atoms with van der Waals surface area (Å²) in [5.74, 6) is -0.348. The lowest BCUT2D eigenvalue weighted by molar-refractivity contribution is 0.0692. The van der Waals surface area contributed by atoms with Crippen LogP contribution in [-0.4, -0.2) is 38.3 Å². The van der Waals surface area contributed by atoms with E-state index in [-0.39, 0.29) is 0 Å². The van der Waals surface area contributed by atoms with Gasteiger partial charge in [-0.15, -0.1) is 0 Å². The number of aromatic nitrogens is 2. The van der Waals surface area contributed by atoms with E-state index >= 15 is 0 Å². The number of aromatic carboxylic acids is 1. The minimum Gasteiger partial charge on any atom is -0.478 e. The SMILES string of the molecule is CCC(CC)N(Cc1c(C(=O)O)cnn1C)CC(C)C. The van der Waals surface area contributed by atoms with Crippen LogP contribution in [0.5, 0.6) is 0 Å². The van der Waals surface area contributed by atoms with Gasteiger partial charge in [-0.1, -0.05) is 27.7 Å². The fraction of sp³-hybridized carbons (Fsp3) is 0.733. The minimum absolute atomic E-state index is 0.312. The summed E-state index contributed by atoms with van der Waals surface area (Å²) < 4.78 is 1.68. The molecule has 1 N–H and O–H groups in total. The van der Waals surface area contributed by atoms with Crippen LogP contribution in [0.2, 0.25) is 0 Å². The molecule has 0 radical (unpaired) electrons. The number of hydrogen-bond donors (Lipinski definition) is 1. The van der Waals surface area contributed by atoms with Crippen molar-refractivity contribution in [3.63, 3.8) is 0 Å². The standard InChI is InChI=1S/C15H27N3O2/c1-6-12(7-2)18(9-11(3)4)10-14-13(15(19)20)8-16-17(14)5/h8,11-12H,6-7,9-10H2,1-5H3,(H,19,20). The minimum atomic E-state index is -0.901. The van der Waals surface area contributed by atoms with Crippen molar-refractivity contribution in [1.82, 2.24) is 14.7 Å². The Bertz CT molecular complexity index is 436. The van der Waals surface area contributed by atoms with Crippen LogP contribution in [0.25, 0.3) is 0 Å². The van der Waals surface area contributed by atoms with E-state index in [1.54, 1.807) is 4.68 Å². The first-order valence-electron chi connectivity index (χ1n) is 7.38. The fourth-order valence-electron chi connectivity index (χ4n) is 2.64. The van der Waals surface area contributed by atoms with Crippen molar-refractivity contribution in [3.8, 4) is 0 Å². The van der Waals surface area contributed by atoms with E-state index in [0.717, 1.165) is 25.1 Å². The van der Waals surface area contributed by atoms with Crippen LogP contribution in [0.4, 0.5) is 0 Å². The molecule has 0 unspecified atom stereocenters. The molecule has 1 aromatic rings. The van der Waals surface area contributed by atoms with Crippen molar-refractivity contribution in [2.45, 2.75) is 53.1 Å². The molecule has 5 heteroatoms. The molecule has 0 amide bonds. The number of carboxylic acid groups (broad SMARTS) is 1. The smallest absolute Gasteiger partial charge is 0.339 e. The lowest BCUT2D eigenvalue weighted by Crippen LogP contribution is -2.37. The highest BCUT2D eigenvalue weighted by Gasteiger charge is 2.22. The molecule has 114 valence electrons. The second-order valence-corrected chi connectivity index (χ2v) is 5.73. The Morgan fingerprint density at radius 2 is 2.00 bits per heavy atom. The Balaban J connectivity index is 3.00. The topological polar surface area (TPSA) is 58.4 Å². The van der Waals surface area contributed by atoms with Gasteiger partial charge in [0.05, 0.1) is 11.9 Å². The van der Waals surface area contributed by atoms with Gasteiger partial charge in [0.1, 0.15) is 5.56 Å². The van der Waals surface area contributed by atoms with Gasteiger partial charge < -0.3 is 5.11 Å². The zero-order valence-corrected chi connectivity index (χ0v) is 13.3. The van der Waals surface area contributed by atoms with Crippen LogP contribution >= 0.6 is 0 Å². The number of hydrogen-bond acceptors (Lipinski definition) is 3. The molecule has 0 saturated carbocycles. The first-order chi connectivity index (χ1) is 9.40. The van der Waals surface area contributed by atoms with E-state index in [9.17, 15) is 9.90 Å². The zero-order chi connectivity index (χ0) is 15.3. The summed E-state index contributed by atoms with van der Waals surface area (Å²) in [4.78, 5) is 13.7. The number of aryl methyl sites for hydroxylation is 1. The Morgan fingerprint density at radius 1 is 1.40 bits per heavy atom. The average Bonchev–Trinajstić information content (AvgIpc) is 2.72. The first-order valence-corrected chi connectivity index (χ1v) is 7.38. The molecule has 5 nitrogen and oxygen atoms in total. The predicted octanol–water partition coefficient (Wildman–Crippen LogP) is 2.76. The van der Waals surface area contributed by atoms with Gasteiger partial charge in [0, 0.05) is 26.2 Å². The third-order valence-corrected chi connectivity index (χ3v) is 3.70. The van der Waals surface area contributed by atoms with E-state index in [0.29, 0.717) is 24.1 Å². The summed E-state index contributed by atoms with van der Waals surface area (Å²) in [5, 5.41) is 13.3. The summed E-state index contributed by atoms with van der Waals surface area (Å²) in [6.45, 7) is 10.4. The highest BCUT2D eigenvalue weighted by molar-refractivity contribution is 5.88. The third-order valence-electron chi connectivity index (χ3n) is 3.70.